The predicted molar refractivity (Wildman–Crippen MR) is 600 cm³/mol. The van der Waals surface area contributed by atoms with Crippen molar-refractivity contribution < 1.29 is 0 Å². The minimum atomic E-state index is 0.783. The first-order valence-electron chi connectivity index (χ1n) is 48.7. The van der Waals surface area contributed by atoms with Crippen LogP contribution < -0.4 is 0 Å². The van der Waals surface area contributed by atoms with E-state index in [4.69, 9.17) is 34.9 Å². The molecule has 0 saturated heterocycles. The van der Waals surface area contributed by atoms with Crippen molar-refractivity contribution in [2.24, 2.45) is 4.99 Å². The van der Waals surface area contributed by atoms with E-state index in [0.717, 1.165) is 279 Å². The van der Waals surface area contributed by atoms with Crippen molar-refractivity contribution >= 4 is 89.5 Å². The summed E-state index contributed by atoms with van der Waals surface area (Å²) in [5.41, 5.74) is 44.0. The Bertz CT molecular complexity index is 9570. The standard InChI is InChI=1S/2C44H31N5.C43H31N5/c1-28-13-18-37(29(2)47-28)35-23-34(24-36(25-35)39-26-33-11-8-20-46-42(33)40-27-45-21-19-38(39)40)30-14-16-31(17-15-30)43-44(32-9-4-3-5-10-32)49-22-7-6-12-41(49)48-43;1-28-21-34(22-29(2)47-28)36-23-35(24-37(25-36)39-26-33-11-8-18-46-42(33)40-27-45-19-17-38(39)40)30-13-15-31(16-14-30)43-44(32-9-4-3-5-10-32)49-20-7-6-12-41(49)48-43;1-4-29-26-37(36-20-21-45-27-38(36)41(29)44-3)34-23-33(24-35(25-34)39-14-10-11-28(2)46-39)30-16-18-31(19-17-30)42-43(32-12-6-5-7-13-32)48-22-9-8-15-40(48)47-42/h2*3-27H,1-2H3;4-27H,1,3H2,2H3. The molecule has 692 valence electrons. The molecule has 15 heteroatoms. The molecule has 0 atom stereocenters. The molecule has 14 aromatic heterocycles. The fraction of sp³-hybridized carbons (Fsp3) is 0.0382. The first-order valence-corrected chi connectivity index (χ1v) is 48.7. The molecule has 0 unspecified atom stereocenters. The molecule has 26 rings (SSSR count). The predicted octanol–water partition coefficient (Wildman–Crippen LogP) is 32.5. The molecule has 0 fully saturated rings. The zero-order valence-electron chi connectivity index (χ0n) is 80.8. The third-order valence-corrected chi connectivity index (χ3v) is 27.4. The largest absolute Gasteiger partial charge is 0.299 e. The van der Waals surface area contributed by atoms with Gasteiger partial charge in [0.1, 0.15) is 16.9 Å². The summed E-state index contributed by atoms with van der Waals surface area (Å²) in [7, 11) is 0. The molecule has 0 aliphatic carbocycles. The van der Waals surface area contributed by atoms with E-state index in [0.29, 0.717) is 0 Å². The maximum Gasteiger partial charge on any atom is 0.137 e. The van der Waals surface area contributed by atoms with Crippen molar-refractivity contribution in [1.29, 1.82) is 0 Å². The Morgan fingerprint density at radius 3 is 1.03 bits per heavy atom. The van der Waals surface area contributed by atoms with E-state index < -0.39 is 0 Å². The molecule has 0 aliphatic rings. The summed E-state index contributed by atoms with van der Waals surface area (Å²) in [6.45, 7) is 18.2. The summed E-state index contributed by atoms with van der Waals surface area (Å²) < 4.78 is 6.50. The van der Waals surface area contributed by atoms with Gasteiger partial charge in [0, 0.05) is 174 Å². The zero-order valence-corrected chi connectivity index (χ0v) is 80.8. The number of aliphatic imine (C=N–C) groups is 1. The molecule has 0 radical (unpaired) electrons. The Hall–Kier alpha value is -19.4. The van der Waals surface area contributed by atoms with E-state index in [-0.39, 0.29) is 0 Å². The van der Waals surface area contributed by atoms with E-state index in [2.05, 4.69) is 394 Å². The molecule has 0 saturated carbocycles. The van der Waals surface area contributed by atoms with Crippen molar-refractivity contribution in [2.75, 3.05) is 0 Å². The number of aryl methyl sites for hydroxylation is 5. The number of pyridine rings is 11. The Kier molecular flexibility index (Phi) is 23.4. The number of hydrogen-bond acceptors (Lipinski definition) is 12. The summed E-state index contributed by atoms with van der Waals surface area (Å²) in [4.78, 5) is 56.7. The smallest absolute Gasteiger partial charge is 0.137 e. The zero-order chi connectivity index (χ0) is 98.4. The summed E-state index contributed by atoms with van der Waals surface area (Å²) in [5, 5.41) is 8.50. The topological polar surface area (TPSA) is 167 Å². The molecule has 15 nitrogen and oxygen atoms in total. The first kappa shape index (κ1) is 89.3. The minimum absolute atomic E-state index is 0.783. The van der Waals surface area contributed by atoms with Gasteiger partial charge in [-0.2, -0.15) is 0 Å². The van der Waals surface area contributed by atoms with Gasteiger partial charge in [-0.15, -0.1) is 0 Å². The van der Waals surface area contributed by atoms with Crippen LogP contribution in [-0.2, 0) is 0 Å². The second-order valence-electron chi connectivity index (χ2n) is 36.8. The summed E-state index contributed by atoms with van der Waals surface area (Å²) >= 11 is 0. The van der Waals surface area contributed by atoms with Gasteiger partial charge in [-0.25, -0.2) is 15.0 Å². The van der Waals surface area contributed by atoms with E-state index in [1.807, 2.05) is 142 Å². The SMILES string of the molecule is C=Cc1cc(-c2cc(-c3ccc(-c4nc5ccccn5c4-c4ccccc4)cc3)cc(-c3cccc(C)n3)c2)c2ccncc2c1N=C.Cc1cc(-c2cc(-c3ccc(-c4nc5ccccn5c4-c4ccccc4)cc3)cc(-c3cc4cccnc4c4cnccc34)c2)cc(C)n1.Cc1ccc(-c2cc(-c3ccc(-c4nc5ccccn5c4-c4ccccc4)cc3)cc(-c3cc4cccnc4c4cnccc34)c2)c(C)n1. The highest BCUT2D eigenvalue weighted by atomic mass is 15.0. The molecule has 26 aromatic rings. The van der Waals surface area contributed by atoms with Gasteiger partial charge in [-0.05, 0) is 311 Å². The lowest BCUT2D eigenvalue weighted by atomic mass is 9.90. The van der Waals surface area contributed by atoms with Gasteiger partial charge in [-0.3, -0.25) is 58.1 Å². The molecule has 0 amide bonds. The highest BCUT2D eigenvalue weighted by molar-refractivity contribution is 6.14. The van der Waals surface area contributed by atoms with Gasteiger partial charge in [0.05, 0.1) is 56.6 Å². The highest BCUT2D eigenvalue weighted by Gasteiger charge is 2.25. The molecule has 0 aliphatic heterocycles. The van der Waals surface area contributed by atoms with E-state index >= 15 is 0 Å². The van der Waals surface area contributed by atoms with Crippen LogP contribution in [0.5, 0.6) is 0 Å². The van der Waals surface area contributed by atoms with Gasteiger partial charge >= 0.3 is 0 Å². The van der Waals surface area contributed by atoms with E-state index in [9.17, 15) is 0 Å². The maximum absolute atomic E-state index is 5.09. The lowest BCUT2D eigenvalue weighted by Crippen LogP contribution is -1.93. The van der Waals surface area contributed by atoms with E-state index in [1.54, 1.807) is 0 Å². The average molecular weight is 1880 g/mol. The van der Waals surface area contributed by atoms with Crippen LogP contribution in [-0.4, -0.2) is 74.7 Å². The normalized spacial score (nSPS) is 11.4. The fourth-order valence-corrected chi connectivity index (χ4v) is 20.6. The highest BCUT2D eigenvalue weighted by Crippen LogP contribution is 2.47. The second kappa shape index (κ2) is 38.3. The third kappa shape index (κ3) is 17.1. The average Bonchev–Trinajstić information content (AvgIpc) is 1.16. The van der Waals surface area contributed by atoms with Gasteiger partial charge in [0.2, 0.25) is 0 Å². The van der Waals surface area contributed by atoms with Crippen LogP contribution in [0, 0.1) is 34.6 Å². The molecule has 0 N–H and O–H groups in total. The summed E-state index contributed by atoms with van der Waals surface area (Å²) in [5.74, 6) is 0. The molecule has 14 heterocycles. The number of aromatic nitrogens is 14. The number of hydrogen-bond donors (Lipinski definition) is 0. The number of benzene rings is 12. The summed E-state index contributed by atoms with van der Waals surface area (Å²) in [6, 6.07) is 132. The van der Waals surface area contributed by atoms with Crippen molar-refractivity contribution in [3.63, 3.8) is 0 Å². The fourth-order valence-electron chi connectivity index (χ4n) is 20.6. The third-order valence-electron chi connectivity index (χ3n) is 27.4. The monoisotopic (exact) mass is 1880 g/mol. The Balaban J connectivity index is 0.000000117. The lowest BCUT2D eigenvalue weighted by molar-refractivity contribution is 1.12. The Morgan fingerprint density at radius 1 is 0.247 bits per heavy atom. The number of fused-ring (bicyclic) bond motifs is 10. The number of nitrogens with zero attached hydrogens (tertiary/aromatic N) is 15. The molecule has 146 heavy (non-hydrogen) atoms. The Morgan fingerprint density at radius 2 is 0.610 bits per heavy atom. The van der Waals surface area contributed by atoms with Gasteiger partial charge < -0.3 is 0 Å². The van der Waals surface area contributed by atoms with Crippen LogP contribution in [0.2, 0.25) is 0 Å². The van der Waals surface area contributed by atoms with Crippen LogP contribution >= 0.6 is 0 Å². The quantitative estimate of drug-likeness (QED) is 0.0628. The van der Waals surface area contributed by atoms with Crippen LogP contribution in [0.25, 0.3) is 245 Å². The molecule has 0 bridgehead atoms. The van der Waals surface area contributed by atoms with Crippen LogP contribution in [0.1, 0.15) is 34.0 Å². The number of imidazole rings is 3. The van der Waals surface area contributed by atoms with Crippen molar-refractivity contribution in [2.45, 2.75) is 34.6 Å². The first-order chi connectivity index (χ1) is 71.8. The molecule has 0 spiro atoms. The Labute approximate surface area is 844 Å². The van der Waals surface area contributed by atoms with E-state index in [1.165, 1.54) is 0 Å². The van der Waals surface area contributed by atoms with Gasteiger partial charge in [-0.1, -0.05) is 219 Å². The summed E-state index contributed by atoms with van der Waals surface area (Å²) in [6.07, 6.45) is 23.0. The van der Waals surface area contributed by atoms with Crippen molar-refractivity contribution in [3.05, 3.63) is 485 Å². The molecular weight excluding hydrogens is 1780 g/mol. The molecule has 12 aromatic carbocycles. The number of rotatable bonds is 17. The van der Waals surface area contributed by atoms with Gasteiger partial charge in [0.25, 0.3) is 0 Å². The maximum atomic E-state index is 5.09. The van der Waals surface area contributed by atoms with Crippen LogP contribution in [0.3, 0.4) is 0 Å². The van der Waals surface area contributed by atoms with Gasteiger partial charge in [0.15, 0.2) is 0 Å². The lowest BCUT2D eigenvalue weighted by Gasteiger charge is -2.15. The minimum Gasteiger partial charge on any atom is -0.299 e. The van der Waals surface area contributed by atoms with Crippen LogP contribution in [0.4, 0.5) is 5.69 Å². The van der Waals surface area contributed by atoms with Crippen molar-refractivity contribution in [1.82, 2.24) is 68.0 Å². The molecular formula is C131H93N15. The van der Waals surface area contributed by atoms with Crippen molar-refractivity contribution in [3.8, 4) is 168 Å². The second-order valence-corrected chi connectivity index (χ2v) is 36.8. The van der Waals surface area contributed by atoms with Crippen LogP contribution in [0.15, 0.2) is 456 Å².